The van der Waals surface area contributed by atoms with Gasteiger partial charge in [-0.25, -0.2) is 0 Å². The highest BCUT2D eigenvalue weighted by molar-refractivity contribution is 6.33. The Hall–Kier alpha value is -1.10. The molecule has 0 fully saturated rings. The number of para-hydroxylation sites is 1. The van der Waals surface area contributed by atoms with Crippen LogP contribution in [0.2, 0.25) is 5.02 Å². The number of hydrogen-bond acceptors (Lipinski definition) is 2. The van der Waals surface area contributed by atoms with Gasteiger partial charge in [-0.3, -0.25) is 0 Å². The summed E-state index contributed by atoms with van der Waals surface area (Å²) in [6.07, 6.45) is -4.29. The van der Waals surface area contributed by atoms with Gasteiger partial charge in [0.2, 0.25) is 0 Å². The van der Waals surface area contributed by atoms with E-state index in [1.54, 1.807) is 6.07 Å². The van der Waals surface area contributed by atoms with Crippen LogP contribution in [0.15, 0.2) is 18.2 Å². The summed E-state index contributed by atoms with van der Waals surface area (Å²) in [5, 5.41) is 2.31. The van der Waals surface area contributed by atoms with Crippen LogP contribution >= 0.6 is 11.6 Å². The van der Waals surface area contributed by atoms with Crippen molar-refractivity contribution in [2.24, 2.45) is 0 Å². The van der Waals surface area contributed by atoms with Crippen molar-refractivity contribution in [3.05, 3.63) is 23.2 Å². The predicted molar refractivity (Wildman–Crippen MR) is 50.4 cm³/mol. The third-order valence-electron chi connectivity index (χ3n) is 1.51. The lowest BCUT2D eigenvalue weighted by Crippen LogP contribution is -2.21. The fourth-order valence-electron chi connectivity index (χ4n) is 0.916. The Balaban J connectivity index is 2.77. The van der Waals surface area contributed by atoms with E-state index in [1.165, 1.54) is 12.1 Å². The summed E-state index contributed by atoms with van der Waals surface area (Å²) in [4.78, 5) is 0. The molecular formula is C8H8ClF3N2. The number of anilines is 2. The summed E-state index contributed by atoms with van der Waals surface area (Å²) >= 11 is 5.65. The summed E-state index contributed by atoms with van der Waals surface area (Å²) in [6.45, 7) is -1.15. The lowest BCUT2D eigenvalue weighted by Gasteiger charge is -2.12. The first-order valence-corrected chi connectivity index (χ1v) is 4.12. The topological polar surface area (TPSA) is 38.0 Å². The molecule has 0 spiro atoms. The van der Waals surface area contributed by atoms with Gasteiger partial charge in [0.05, 0.1) is 16.4 Å². The van der Waals surface area contributed by atoms with E-state index in [1.807, 2.05) is 0 Å². The van der Waals surface area contributed by atoms with Crippen molar-refractivity contribution in [2.75, 3.05) is 17.6 Å². The summed E-state index contributed by atoms with van der Waals surface area (Å²) in [7, 11) is 0. The first kappa shape index (κ1) is 11.0. The Morgan fingerprint density at radius 3 is 2.50 bits per heavy atom. The molecule has 2 nitrogen and oxygen atoms in total. The first-order valence-electron chi connectivity index (χ1n) is 3.75. The smallest absolute Gasteiger partial charge is 0.397 e. The Bertz CT molecular complexity index is 305. The van der Waals surface area contributed by atoms with E-state index in [-0.39, 0.29) is 16.4 Å². The van der Waals surface area contributed by atoms with Crippen molar-refractivity contribution in [3.8, 4) is 0 Å². The Morgan fingerprint density at radius 2 is 2.00 bits per heavy atom. The van der Waals surface area contributed by atoms with Crippen LogP contribution in [-0.2, 0) is 0 Å². The first-order chi connectivity index (χ1) is 6.40. The number of hydrogen-bond donors (Lipinski definition) is 2. The molecule has 0 aliphatic carbocycles. The van der Waals surface area contributed by atoms with Gasteiger partial charge >= 0.3 is 6.18 Å². The molecule has 1 rings (SSSR count). The molecule has 0 saturated carbocycles. The highest BCUT2D eigenvalue weighted by Gasteiger charge is 2.27. The predicted octanol–water partition coefficient (Wildman–Crippen LogP) is 2.90. The van der Waals surface area contributed by atoms with Crippen LogP contribution in [0.1, 0.15) is 0 Å². The molecule has 6 heteroatoms. The number of nitrogens with two attached hydrogens (primary N) is 1. The Kier molecular flexibility index (Phi) is 3.10. The molecule has 0 aromatic heterocycles. The van der Waals surface area contributed by atoms with Crippen molar-refractivity contribution in [2.45, 2.75) is 6.18 Å². The number of alkyl halides is 3. The minimum Gasteiger partial charge on any atom is -0.397 e. The molecule has 14 heavy (non-hydrogen) atoms. The summed E-state index contributed by atoms with van der Waals surface area (Å²) in [6, 6.07) is 4.51. The minimum absolute atomic E-state index is 0.117. The molecule has 0 atom stereocenters. The van der Waals surface area contributed by atoms with Crippen LogP contribution in [0.25, 0.3) is 0 Å². The molecule has 0 amide bonds. The van der Waals surface area contributed by atoms with Gasteiger partial charge in [0.25, 0.3) is 0 Å². The van der Waals surface area contributed by atoms with E-state index in [2.05, 4.69) is 5.32 Å². The van der Waals surface area contributed by atoms with E-state index in [4.69, 9.17) is 17.3 Å². The van der Waals surface area contributed by atoms with Gasteiger partial charge in [0, 0.05) is 0 Å². The van der Waals surface area contributed by atoms with Crippen LogP contribution < -0.4 is 11.1 Å². The average molecular weight is 225 g/mol. The Labute approximate surface area is 83.9 Å². The summed E-state index contributed by atoms with van der Waals surface area (Å²) in [5.41, 5.74) is 5.75. The highest BCUT2D eigenvalue weighted by Crippen LogP contribution is 2.28. The zero-order valence-corrected chi connectivity index (χ0v) is 7.78. The second-order valence-electron chi connectivity index (χ2n) is 2.67. The van der Waals surface area contributed by atoms with E-state index < -0.39 is 12.7 Å². The van der Waals surface area contributed by atoms with E-state index in [0.29, 0.717) is 0 Å². The van der Waals surface area contributed by atoms with Gasteiger partial charge in [-0.15, -0.1) is 0 Å². The zero-order valence-electron chi connectivity index (χ0n) is 7.03. The van der Waals surface area contributed by atoms with Gasteiger partial charge in [0.1, 0.15) is 6.54 Å². The second-order valence-corrected chi connectivity index (χ2v) is 3.08. The maximum atomic E-state index is 11.9. The summed E-state index contributed by atoms with van der Waals surface area (Å²) in [5.74, 6) is 0. The third-order valence-corrected chi connectivity index (χ3v) is 1.83. The lowest BCUT2D eigenvalue weighted by molar-refractivity contribution is -0.115. The molecule has 0 radical (unpaired) electrons. The van der Waals surface area contributed by atoms with Crippen molar-refractivity contribution >= 4 is 23.0 Å². The zero-order chi connectivity index (χ0) is 10.8. The monoisotopic (exact) mass is 224 g/mol. The van der Waals surface area contributed by atoms with Crippen molar-refractivity contribution < 1.29 is 13.2 Å². The Morgan fingerprint density at radius 1 is 1.36 bits per heavy atom. The van der Waals surface area contributed by atoms with Crippen molar-refractivity contribution in [1.82, 2.24) is 0 Å². The highest BCUT2D eigenvalue weighted by atomic mass is 35.5. The van der Waals surface area contributed by atoms with Gasteiger partial charge in [-0.05, 0) is 12.1 Å². The lowest BCUT2D eigenvalue weighted by atomic mass is 10.2. The largest absolute Gasteiger partial charge is 0.405 e. The standard InChI is InChI=1S/C8H8ClF3N2/c9-5-2-1-3-6(13)7(5)14-4-8(10,11)12/h1-3,14H,4,13H2. The van der Waals surface area contributed by atoms with Gasteiger partial charge in [-0.1, -0.05) is 17.7 Å². The maximum absolute atomic E-state index is 11.9. The molecule has 3 N–H and O–H groups in total. The number of nitrogens with one attached hydrogen (secondary N) is 1. The van der Waals surface area contributed by atoms with Gasteiger partial charge in [-0.2, -0.15) is 13.2 Å². The van der Waals surface area contributed by atoms with Crippen LogP contribution in [0.3, 0.4) is 0 Å². The van der Waals surface area contributed by atoms with Crippen LogP contribution in [-0.4, -0.2) is 12.7 Å². The number of halogens is 4. The maximum Gasteiger partial charge on any atom is 0.405 e. The molecule has 0 aliphatic rings. The second kappa shape index (κ2) is 3.96. The van der Waals surface area contributed by atoms with Crippen LogP contribution in [0.5, 0.6) is 0 Å². The number of benzene rings is 1. The normalized spacial score (nSPS) is 11.4. The molecule has 0 heterocycles. The van der Waals surface area contributed by atoms with E-state index >= 15 is 0 Å². The molecule has 0 bridgehead atoms. The van der Waals surface area contributed by atoms with Crippen molar-refractivity contribution in [3.63, 3.8) is 0 Å². The van der Waals surface area contributed by atoms with Gasteiger partial charge in [0.15, 0.2) is 0 Å². The molecule has 1 aromatic rings. The number of nitrogen functional groups attached to an aromatic ring is 1. The fourth-order valence-corrected chi connectivity index (χ4v) is 1.16. The molecule has 78 valence electrons. The van der Waals surface area contributed by atoms with Gasteiger partial charge < -0.3 is 11.1 Å². The minimum atomic E-state index is -4.29. The third kappa shape index (κ3) is 2.99. The quantitative estimate of drug-likeness (QED) is 0.758. The fraction of sp³-hybridized carbons (Fsp3) is 0.250. The molecule has 1 aromatic carbocycles. The van der Waals surface area contributed by atoms with E-state index in [0.717, 1.165) is 0 Å². The molecule has 0 unspecified atom stereocenters. The molecular weight excluding hydrogens is 217 g/mol. The number of rotatable bonds is 2. The van der Waals surface area contributed by atoms with Crippen molar-refractivity contribution in [1.29, 1.82) is 0 Å². The molecule has 0 aliphatic heterocycles. The van der Waals surface area contributed by atoms with Crippen LogP contribution in [0, 0.1) is 0 Å². The van der Waals surface area contributed by atoms with Crippen LogP contribution in [0.4, 0.5) is 24.5 Å². The van der Waals surface area contributed by atoms with E-state index in [9.17, 15) is 13.2 Å². The molecule has 0 saturated heterocycles. The SMILES string of the molecule is Nc1cccc(Cl)c1NCC(F)(F)F. The average Bonchev–Trinajstić information content (AvgIpc) is 2.01. The summed E-state index contributed by atoms with van der Waals surface area (Å²) < 4.78 is 35.6.